The molecule has 1 N–H and O–H groups in total. The molecular weight excluding hydrogens is 266 g/mol. The number of nitrogens with one attached hydrogen (secondary N) is 1. The van der Waals surface area contributed by atoms with Crippen LogP contribution in [0.1, 0.15) is 13.8 Å². The molecule has 1 aromatic heterocycles. The fraction of sp³-hybridized carbons (Fsp3) is 0.250. The summed E-state index contributed by atoms with van der Waals surface area (Å²) in [5.74, 6) is 0.0139. The lowest BCUT2D eigenvalue weighted by atomic mass is 10.2. The number of rotatable bonds is 4. The Labute approximate surface area is 114 Å². The topological polar surface area (TPSA) is 54.9 Å². The van der Waals surface area contributed by atoms with E-state index in [9.17, 15) is 4.79 Å². The number of hydrogen-bond acceptors (Lipinski definition) is 5. The molecule has 0 saturated heterocycles. The van der Waals surface area contributed by atoms with Gasteiger partial charge in [-0.3, -0.25) is 4.79 Å². The predicted octanol–water partition coefficient (Wildman–Crippen LogP) is 3.28. The molecule has 4 nitrogen and oxygen atoms in total. The van der Waals surface area contributed by atoms with Crippen LogP contribution in [-0.2, 0) is 4.79 Å². The van der Waals surface area contributed by atoms with Gasteiger partial charge in [0, 0.05) is 16.5 Å². The molecule has 0 atom stereocenters. The molecule has 0 aliphatic heterocycles. The van der Waals surface area contributed by atoms with Crippen molar-refractivity contribution in [2.24, 2.45) is 5.92 Å². The second-order valence-electron chi connectivity index (χ2n) is 3.98. The summed E-state index contributed by atoms with van der Waals surface area (Å²) in [5.41, 5.74) is 2.52. The van der Waals surface area contributed by atoms with Crippen LogP contribution >= 0.6 is 23.1 Å². The highest BCUT2D eigenvalue weighted by atomic mass is 32.2. The van der Waals surface area contributed by atoms with Crippen molar-refractivity contribution in [2.45, 2.75) is 23.1 Å². The standard InChI is InChI=1S/C12H13N3OS2/c1-8(2)11(16)14-9-3-5-10(6-4-9)18-12-15-13-7-17-12/h3-8H,1-2H3,(H,14,16). The van der Waals surface area contributed by atoms with Crippen molar-refractivity contribution in [3.8, 4) is 0 Å². The zero-order valence-corrected chi connectivity index (χ0v) is 11.7. The molecule has 2 aromatic rings. The minimum Gasteiger partial charge on any atom is -0.326 e. The largest absolute Gasteiger partial charge is 0.326 e. The monoisotopic (exact) mass is 279 g/mol. The molecule has 0 fully saturated rings. The van der Waals surface area contributed by atoms with Crippen LogP contribution in [0.5, 0.6) is 0 Å². The SMILES string of the molecule is CC(C)C(=O)Nc1ccc(Sc2nncs2)cc1. The average Bonchev–Trinajstić information content (AvgIpc) is 2.84. The van der Waals surface area contributed by atoms with Crippen LogP contribution in [0.2, 0.25) is 0 Å². The molecule has 6 heteroatoms. The first-order chi connectivity index (χ1) is 8.65. The third-order valence-electron chi connectivity index (χ3n) is 2.19. The number of nitrogens with zero attached hydrogens (tertiary/aromatic N) is 2. The maximum atomic E-state index is 11.5. The molecule has 2 rings (SSSR count). The van der Waals surface area contributed by atoms with E-state index in [0.29, 0.717) is 0 Å². The van der Waals surface area contributed by atoms with E-state index in [0.717, 1.165) is 14.9 Å². The van der Waals surface area contributed by atoms with Gasteiger partial charge in [0.2, 0.25) is 5.91 Å². The molecule has 0 saturated carbocycles. The molecule has 1 heterocycles. The Bertz CT molecular complexity index is 509. The van der Waals surface area contributed by atoms with Crippen molar-refractivity contribution in [1.82, 2.24) is 10.2 Å². The normalized spacial score (nSPS) is 10.6. The van der Waals surface area contributed by atoms with Crippen LogP contribution in [0.4, 0.5) is 5.69 Å². The maximum absolute atomic E-state index is 11.5. The zero-order valence-electron chi connectivity index (χ0n) is 10.1. The van der Waals surface area contributed by atoms with Gasteiger partial charge in [0.1, 0.15) is 5.51 Å². The number of carbonyl (C=O) groups is 1. The number of anilines is 1. The van der Waals surface area contributed by atoms with Crippen LogP contribution in [0.3, 0.4) is 0 Å². The van der Waals surface area contributed by atoms with Gasteiger partial charge in [-0.1, -0.05) is 36.9 Å². The highest BCUT2D eigenvalue weighted by molar-refractivity contribution is 8.01. The van der Waals surface area contributed by atoms with E-state index >= 15 is 0 Å². The van der Waals surface area contributed by atoms with Gasteiger partial charge < -0.3 is 5.32 Å². The second-order valence-corrected chi connectivity index (χ2v) is 6.13. The van der Waals surface area contributed by atoms with E-state index < -0.39 is 0 Å². The summed E-state index contributed by atoms with van der Waals surface area (Å²) in [7, 11) is 0. The summed E-state index contributed by atoms with van der Waals surface area (Å²) >= 11 is 3.07. The van der Waals surface area contributed by atoms with Gasteiger partial charge in [-0.05, 0) is 24.3 Å². The number of carbonyl (C=O) groups excluding carboxylic acids is 1. The van der Waals surface area contributed by atoms with Crippen molar-refractivity contribution in [2.75, 3.05) is 5.32 Å². The maximum Gasteiger partial charge on any atom is 0.226 e. The summed E-state index contributed by atoms with van der Waals surface area (Å²) in [4.78, 5) is 12.6. The highest BCUT2D eigenvalue weighted by Gasteiger charge is 2.07. The van der Waals surface area contributed by atoms with Crippen LogP contribution in [-0.4, -0.2) is 16.1 Å². The fourth-order valence-corrected chi connectivity index (χ4v) is 2.65. The molecule has 18 heavy (non-hydrogen) atoms. The first-order valence-corrected chi connectivity index (χ1v) is 7.19. The van der Waals surface area contributed by atoms with Gasteiger partial charge >= 0.3 is 0 Å². The molecule has 1 aromatic carbocycles. The Hall–Kier alpha value is -1.40. The molecular formula is C12H13N3OS2. The molecule has 0 spiro atoms. The van der Waals surface area contributed by atoms with Gasteiger partial charge in [-0.15, -0.1) is 10.2 Å². The van der Waals surface area contributed by atoms with Crippen LogP contribution in [0.25, 0.3) is 0 Å². The molecule has 0 aliphatic carbocycles. The Balaban J connectivity index is 1.99. The van der Waals surface area contributed by atoms with Crippen LogP contribution < -0.4 is 5.32 Å². The Kier molecular flexibility index (Phi) is 4.33. The van der Waals surface area contributed by atoms with E-state index in [1.54, 1.807) is 17.3 Å². The fourth-order valence-electron chi connectivity index (χ4n) is 1.20. The van der Waals surface area contributed by atoms with Crippen molar-refractivity contribution < 1.29 is 4.79 Å². The lowest BCUT2D eigenvalue weighted by Gasteiger charge is -2.07. The van der Waals surface area contributed by atoms with Gasteiger partial charge in [-0.25, -0.2) is 0 Å². The van der Waals surface area contributed by atoms with E-state index in [1.807, 2.05) is 38.1 Å². The molecule has 0 unspecified atom stereocenters. The van der Waals surface area contributed by atoms with E-state index in [4.69, 9.17) is 0 Å². The van der Waals surface area contributed by atoms with Crippen molar-refractivity contribution in [1.29, 1.82) is 0 Å². The summed E-state index contributed by atoms with van der Waals surface area (Å²) in [6.45, 7) is 3.74. The number of benzene rings is 1. The lowest BCUT2D eigenvalue weighted by Crippen LogP contribution is -2.17. The van der Waals surface area contributed by atoms with Gasteiger partial charge in [0.25, 0.3) is 0 Å². The van der Waals surface area contributed by atoms with Crippen LogP contribution in [0.15, 0.2) is 39.0 Å². The van der Waals surface area contributed by atoms with Crippen LogP contribution in [0, 0.1) is 5.92 Å². The number of aromatic nitrogens is 2. The number of hydrogen-bond donors (Lipinski definition) is 1. The first-order valence-electron chi connectivity index (χ1n) is 5.50. The molecule has 0 radical (unpaired) electrons. The van der Waals surface area contributed by atoms with Crippen molar-refractivity contribution in [3.05, 3.63) is 29.8 Å². The average molecular weight is 279 g/mol. The number of amides is 1. The molecule has 0 bridgehead atoms. The minimum absolute atomic E-state index is 0.0135. The van der Waals surface area contributed by atoms with Gasteiger partial charge in [-0.2, -0.15) is 0 Å². The molecule has 1 amide bonds. The van der Waals surface area contributed by atoms with Gasteiger partial charge in [0.15, 0.2) is 4.34 Å². The molecule has 0 aliphatic rings. The molecule has 94 valence electrons. The summed E-state index contributed by atoms with van der Waals surface area (Å²) in [6.07, 6.45) is 0. The lowest BCUT2D eigenvalue weighted by molar-refractivity contribution is -0.118. The zero-order chi connectivity index (χ0) is 13.0. The third-order valence-corrected chi connectivity index (χ3v) is 3.98. The Morgan fingerprint density at radius 3 is 2.61 bits per heavy atom. The van der Waals surface area contributed by atoms with E-state index in [-0.39, 0.29) is 11.8 Å². The Morgan fingerprint density at radius 1 is 1.33 bits per heavy atom. The van der Waals surface area contributed by atoms with Crippen molar-refractivity contribution >= 4 is 34.7 Å². The quantitative estimate of drug-likeness (QED) is 0.933. The highest BCUT2D eigenvalue weighted by Crippen LogP contribution is 2.29. The first kappa shape index (κ1) is 13.0. The Morgan fingerprint density at radius 2 is 2.06 bits per heavy atom. The van der Waals surface area contributed by atoms with Crippen molar-refractivity contribution in [3.63, 3.8) is 0 Å². The van der Waals surface area contributed by atoms with Gasteiger partial charge in [0.05, 0.1) is 0 Å². The third kappa shape index (κ3) is 3.54. The summed E-state index contributed by atoms with van der Waals surface area (Å²) < 4.78 is 0.911. The smallest absolute Gasteiger partial charge is 0.226 e. The van der Waals surface area contributed by atoms with E-state index in [2.05, 4.69) is 15.5 Å². The minimum atomic E-state index is -0.0135. The summed E-state index contributed by atoms with van der Waals surface area (Å²) in [6, 6.07) is 7.71. The predicted molar refractivity (Wildman–Crippen MR) is 73.9 cm³/mol. The summed E-state index contributed by atoms with van der Waals surface area (Å²) in [5, 5.41) is 10.6. The second kappa shape index (κ2) is 5.97. The van der Waals surface area contributed by atoms with E-state index in [1.165, 1.54) is 11.3 Å².